The van der Waals surface area contributed by atoms with Crippen LogP contribution in [0.2, 0.25) is 0 Å². The van der Waals surface area contributed by atoms with E-state index in [1.165, 1.54) is 43.1 Å². The first-order chi connectivity index (χ1) is 10.8. The van der Waals surface area contributed by atoms with E-state index in [0.29, 0.717) is 0 Å². The number of methoxy groups -OCH3 is 1. The Kier molecular flexibility index (Phi) is 5.63. The van der Waals surface area contributed by atoms with E-state index in [0.717, 1.165) is 31.4 Å². The number of thioether (sulfide) groups is 1. The van der Waals surface area contributed by atoms with Crippen molar-refractivity contribution in [1.29, 1.82) is 0 Å². The molecule has 0 spiro atoms. The van der Waals surface area contributed by atoms with Gasteiger partial charge in [0.25, 0.3) is 0 Å². The van der Waals surface area contributed by atoms with Gasteiger partial charge < -0.3 is 10.1 Å². The summed E-state index contributed by atoms with van der Waals surface area (Å²) in [6, 6.07) is 7.37. The third-order valence-electron chi connectivity index (χ3n) is 4.77. The molecule has 0 amide bonds. The predicted molar refractivity (Wildman–Crippen MR) is 92.9 cm³/mol. The van der Waals surface area contributed by atoms with E-state index in [2.05, 4.69) is 39.6 Å². The fourth-order valence-electron chi connectivity index (χ4n) is 3.54. The lowest BCUT2D eigenvalue weighted by Crippen LogP contribution is -2.49. The van der Waals surface area contributed by atoms with Crippen LogP contribution in [0.15, 0.2) is 23.1 Å². The Hall–Kier alpha value is -0.750. The number of likely N-dealkylation sites (tertiary alicyclic amines) is 1. The van der Waals surface area contributed by atoms with E-state index in [4.69, 9.17) is 4.74 Å². The molecule has 3 rings (SSSR count). The number of ether oxygens (including phenoxy) is 1. The largest absolute Gasteiger partial charge is 0.496 e. The molecule has 2 aliphatic rings. The van der Waals surface area contributed by atoms with Gasteiger partial charge >= 0.3 is 0 Å². The first-order valence-electron chi connectivity index (χ1n) is 8.18. The molecule has 1 aromatic carbocycles. The molecule has 4 nitrogen and oxygen atoms in total. The van der Waals surface area contributed by atoms with Crippen molar-refractivity contribution >= 4 is 11.8 Å². The van der Waals surface area contributed by atoms with Crippen LogP contribution in [0.4, 0.5) is 0 Å². The fourth-order valence-corrected chi connectivity index (χ4v) is 4.09. The average Bonchev–Trinajstić information content (AvgIpc) is 3.04. The minimum absolute atomic E-state index is 0.745. The van der Waals surface area contributed by atoms with E-state index < -0.39 is 0 Å². The van der Waals surface area contributed by atoms with Crippen LogP contribution in [0.5, 0.6) is 5.75 Å². The van der Waals surface area contributed by atoms with Gasteiger partial charge in [-0.15, -0.1) is 11.8 Å². The molecule has 1 unspecified atom stereocenters. The SMILES string of the molecule is COc1cc(CN2CCC(N3CCNCC3)C2)ccc1SC. The first-order valence-corrected chi connectivity index (χ1v) is 9.40. The Morgan fingerprint density at radius 2 is 2.09 bits per heavy atom. The Bertz CT molecular complexity index is 491. The van der Waals surface area contributed by atoms with Crippen molar-refractivity contribution in [3.63, 3.8) is 0 Å². The highest BCUT2D eigenvalue weighted by molar-refractivity contribution is 7.98. The lowest BCUT2D eigenvalue weighted by atomic mass is 10.2. The number of benzene rings is 1. The molecule has 2 fully saturated rings. The summed E-state index contributed by atoms with van der Waals surface area (Å²) in [7, 11) is 1.76. The van der Waals surface area contributed by atoms with E-state index in [1.54, 1.807) is 18.9 Å². The highest BCUT2D eigenvalue weighted by Gasteiger charge is 2.28. The van der Waals surface area contributed by atoms with E-state index in [9.17, 15) is 0 Å². The zero-order chi connectivity index (χ0) is 15.4. The van der Waals surface area contributed by atoms with Crippen LogP contribution in [0.1, 0.15) is 12.0 Å². The van der Waals surface area contributed by atoms with Crippen LogP contribution in [0.3, 0.4) is 0 Å². The number of hydrogen-bond acceptors (Lipinski definition) is 5. The number of hydrogen-bond donors (Lipinski definition) is 1. The molecule has 1 atom stereocenters. The Morgan fingerprint density at radius 3 is 2.82 bits per heavy atom. The van der Waals surface area contributed by atoms with Crippen molar-refractivity contribution in [3.05, 3.63) is 23.8 Å². The summed E-state index contributed by atoms with van der Waals surface area (Å²) in [5, 5.41) is 3.44. The molecular formula is C17H27N3OS. The molecule has 1 aromatic rings. The summed E-state index contributed by atoms with van der Waals surface area (Å²) < 4.78 is 5.50. The van der Waals surface area contributed by atoms with Crippen LogP contribution < -0.4 is 10.1 Å². The molecule has 0 aromatic heterocycles. The van der Waals surface area contributed by atoms with Crippen LogP contribution in [0.25, 0.3) is 0 Å². The molecule has 0 saturated carbocycles. The summed E-state index contributed by atoms with van der Waals surface area (Å²) in [4.78, 5) is 6.46. The van der Waals surface area contributed by atoms with Gasteiger partial charge in [0.05, 0.1) is 7.11 Å². The number of nitrogens with zero attached hydrogens (tertiary/aromatic N) is 2. The summed E-state index contributed by atoms with van der Waals surface area (Å²) in [5.41, 5.74) is 1.36. The lowest BCUT2D eigenvalue weighted by Gasteiger charge is -2.32. The van der Waals surface area contributed by atoms with Gasteiger partial charge in [-0.2, -0.15) is 0 Å². The normalized spacial score (nSPS) is 23.8. The minimum Gasteiger partial charge on any atom is -0.496 e. The van der Waals surface area contributed by atoms with Crippen LogP contribution >= 0.6 is 11.8 Å². The quantitative estimate of drug-likeness (QED) is 0.836. The molecule has 2 saturated heterocycles. The van der Waals surface area contributed by atoms with E-state index >= 15 is 0 Å². The summed E-state index contributed by atoms with van der Waals surface area (Å²) >= 11 is 1.74. The lowest BCUT2D eigenvalue weighted by molar-refractivity contribution is 0.170. The van der Waals surface area contributed by atoms with Crippen molar-refractivity contribution in [2.24, 2.45) is 0 Å². The Balaban J connectivity index is 1.57. The molecule has 1 N–H and O–H groups in total. The van der Waals surface area contributed by atoms with Crippen molar-refractivity contribution in [3.8, 4) is 5.75 Å². The van der Waals surface area contributed by atoms with Gasteiger partial charge in [-0.3, -0.25) is 9.80 Å². The molecule has 5 heteroatoms. The maximum atomic E-state index is 5.50. The Labute approximate surface area is 138 Å². The fraction of sp³-hybridized carbons (Fsp3) is 0.647. The third-order valence-corrected chi connectivity index (χ3v) is 5.55. The molecule has 0 aliphatic carbocycles. The van der Waals surface area contributed by atoms with Crippen LogP contribution in [-0.4, -0.2) is 68.5 Å². The highest BCUT2D eigenvalue weighted by atomic mass is 32.2. The summed E-state index contributed by atoms with van der Waals surface area (Å²) in [5.74, 6) is 1.00. The molecule has 0 radical (unpaired) electrons. The smallest absolute Gasteiger partial charge is 0.132 e. The number of rotatable bonds is 5. The minimum atomic E-state index is 0.745. The molecule has 22 heavy (non-hydrogen) atoms. The monoisotopic (exact) mass is 321 g/mol. The maximum absolute atomic E-state index is 5.50. The highest BCUT2D eigenvalue weighted by Crippen LogP contribution is 2.29. The second-order valence-electron chi connectivity index (χ2n) is 6.15. The van der Waals surface area contributed by atoms with Gasteiger partial charge in [-0.25, -0.2) is 0 Å². The van der Waals surface area contributed by atoms with Gasteiger partial charge in [0, 0.05) is 56.8 Å². The van der Waals surface area contributed by atoms with Crippen LogP contribution in [-0.2, 0) is 6.54 Å². The third kappa shape index (κ3) is 3.77. The van der Waals surface area contributed by atoms with E-state index in [1.807, 2.05) is 0 Å². The summed E-state index contributed by atoms with van der Waals surface area (Å²) in [6.45, 7) is 8.14. The number of piperazine rings is 1. The number of nitrogens with one attached hydrogen (secondary N) is 1. The van der Waals surface area contributed by atoms with Gasteiger partial charge in [-0.1, -0.05) is 6.07 Å². The van der Waals surface area contributed by atoms with Gasteiger partial charge in [0.1, 0.15) is 5.75 Å². The van der Waals surface area contributed by atoms with Gasteiger partial charge in [0.2, 0.25) is 0 Å². The van der Waals surface area contributed by atoms with Crippen molar-refractivity contribution < 1.29 is 4.74 Å². The van der Waals surface area contributed by atoms with E-state index in [-0.39, 0.29) is 0 Å². The van der Waals surface area contributed by atoms with Gasteiger partial charge in [0.15, 0.2) is 0 Å². The molecule has 0 bridgehead atoms. The Morgan fingerprint density at radius 1 is 1.27 bits per heavy atom. The maximum Gasteiger partial charge on any atom is 0.132 e. The molecule has 2 aliphatic heterocycles. The summed E-state index contributed by atoms with van der Waals surface area (Å²) in [6.07, 6.45) is 3.40. The van der Waals surface area contributed by atoms with Crippen molar-refractivity contribution in [2.45, 2.75) is 23.9 Å². The van der Waals surface area contributed by atoms with Crippen molar-refractivity contribution in [2.75, 3.05) is 52.6 Å². The van der Waals surface area contributed by atoms with Crippen molar-refractivity contribution in [1.82, 2.24) is 15.1 Å². The standard InChI is InChI=1S/C17H27N3OS/c1-21-16-11-14(3-4-17(16)22-2)12-19-8-5-15(13-19)20-9-6-18-7-10-20/h3-4,11,15,18H,5-10,12-13H2,1-2H3. The topological polar surface area (TPSA) is 27.7 Å². The molecule has 122 valence electrons. The predicted octanol–water partition coefficient (Wildman–Crippen LogP) is 1.90. The average molecular weight is 321 g/mol. The van der Waals surface area contributed by atoms with Gasteiger partial charge in [-0.05, 0) is 30.4 Å². The zero-order valence-corrected chi connectivity index (χ0v) is 14.5. The first kappa shape index (κ1) is 16.1. The zero-order valence-electron chi connectivity index (χ0n) is 13.7. The second-order valence-corrected chi connectivity index (χ2v) is 7.00. The second kappa shape index (κ2) is 7.68. The molecular weight excluding hydrogens is 294 g/mol. The molecule has 2 heterocycles. The van der Waals surface area contributed by atoms with Crippen LogP contribution in [0, 0.1) is 0 Å².